The molecule has 0 heterocycles. The molecule has 5 heteroatoms. The normalized spacial score (nSPS) is 11.7. The lowest BCUT2D eigenvalue weighted by Gasteiger charge is -2.03. The maximum Gasteiger partial charge on any atom is 0.105 e. The van der Waals surface area contributed by atoms with Crippen LogP contribution in [0.4, 0.5) is 0 Å². The number of aliphatic hydroxyl groups is 2. The summed E-state index contributed by atoms with van der Waals surface area (Å²) < 4.78 is 4.80. The van der Waals surface area contributed by atoms with Crippen molar-refractivity contribution in [2.45, 2.75) is 13.0 Å². The molecule has 0 aromatic heterocycles. The quantitative estimate of drug-likeness (QED) is 0.292. The van der Waals surface area contributed by atoms with E-state index in [2.05, 4.69) is 4.89 Å². The van der Waals surface area contributed by atoms with E-state index >= 15 is 0 Å². The molecule has 0 amide bonds. The van der Waals surface area contributed by atoms with Crippen molar-refractivity contribution >= 4 is 0 Å². The Bertz CT molecular complexity index is 56.9. The first-order chi connectivity index (χ1) is 5.27. The van der Waals surface area contributed by atoms with Crippen LogP contribution >= 0.6 is 0 Å². The Morgan fingerprint density at radius 2 is 1.82 bits per heavy atom. The van der Waals surface area contributed by atoms with Gasteiger partial charge in [0.25, 0.3) is 0 Å². The summed E-state index contributed by atoms with van der Waals surface area (Å²) in [5.74, 6) is 0. The molecular formula is C6H16O5. The molecular weight excluding hydrogens is 152 g/mol. The first kappa shape index (κ1) is 13.4. The summed E-state index contributed by atoms with van der Waals surface area (Å²) in [5, 5.41) is 23.4. The topological polar surface area (TPSA) is 79.2 Å². The molecule has 0 aliphatic carbocycles. The van der Waals surface area contributed by atoms with Gasteiger partial charge in [0.1, 0.15) is 6.61 Å². The molecule has 1 unspecified atom stereocenters. The Kier molecular flexibility index (Phi) is 15.2. The zero-order chi connectivity index (χ0) is 9.11. The number of ether oxygens (including phenoxy) is 1. The average molecular weight is 168 g/mol. The summed E-state index contributed by atoms with van der Waals surface area (Å²) in [6, 6.07) is 0. The Balaban J connectivity index is 0. The third kappa shape index (κ3) is 17.7. The number of aliphatic hydroxyl groups excluding tert-OH is 2. The van der Waals surface area contributed by atoms with E-state index in [1.807, 2.05) is 0 Å². The maximum absolute atomic E-state index is 8.62. The lowest BCUT2D eigenvalue weighted by Crippen LogP contribution is -2.12. The number of rotatable bonds is 5. The van der Waals surface area contributed by atoms with Crippen molar-refractivity contribution in [3.8, 4) is 0 Å². The Morgan fingerprint density at radius 3 is 2.18 bits per heavy atom. The molecule has 1 atom stereocenters. The van der Waals surface area contributed by atoms with Gasteiger partial charge in [-0.05, 0) is 6.92 Å². The summed E-state index contributed by atoms with van der Waals surface area (Å²) in [6.45, 7) is 2.36. The first-order valence-corrected chi connectivity index (χ1v) is 3.24. The van der Waals surface area contributed by atoms with Gasteiger partial charge < -0.3 is 14.9 Å². The van der Waals surface area contributed by atoms with Gasteiger partial charge >= 0.3 is 0 Å². The highest BCUT2D eigenvalue weighted by Gasteiger charge is 1.93. The van der Waals surface area contributed by atoms with Gasteiger partial charge in [-0.2, -0.15) is 0 Å². The maximum atomic E-state index is 8.62. The van der Waals surface area contributed by atoms with E-state index in [4.69, 9.17) is 20.2 Å². The molecule has 0 aliphatic rings. The molecule has 0 aromatic carbocycles. The van der Waals surface area contributed by atoms with Crippen LogP contribution in [0.2, 0.25) is 0 Å². The molecule has 0 saturated heterocycles. The summed E-state index contributed by atoms with van der Waals surface area (Å²) >= 11 is 0. The van der Waals surface area contributed by atoms with Gasteiger partial charge in [0.05, 0.1) is 19.3 Å². The van der Waals surface area contributed by atoms with Crippen molar-refractivity contribution < 1.29 is 25.1 Å². The predicted octanol–water partition coefficient (Wildman–Crippen LogP) is -0.518. The Morgan fingerprint density at radius 1 is 1.27 bits per heavy atom. The van der Waals surface area contributed by atoms with Crippen LogP contribution in [0.15, 0.2) is 0 Å². The Labute approximate surface area is 66.1 Å². The third-order valence-corrected chi connectivity index (χ3v) is 0.678. The lowest BCUT2D eigenvalue weighted by molar-refractivity contribution is -0.249. The van der Waals surface area contributed by atoms with E-state index < -0.39 is 6.10 Å². The van der Waals surface area contributed by atoms with Crippen LogP contribution in [0.25, 0.3) is 0 Å². The summed E-state index contributed by atoms with van der Waals surface area (Å²) in [4.78, 5) is 3.72. The minimum atomic E-state index is -0.455. The fourth-order valence-electron chi connectivity index (χ4n) is 0.350. The first-order valence-electron chi connectivity index (χ1n) is 3.24. The monoisotopic (exact) mass is 168 g/mol. The Hall–Kier alpha value is -0.200. The minimum Gasteiger partial charge on any atom is -0.400 e. The molecule has 0 aliphatic heterocycles. The van der Waals surface area contributed by atoms with E-state index in [-0.39, 0.29) is 13.2 Å². The van der Waals surface area contributed by atoms with Crippen molar-refractivity contribution in [2.75, 3.05) is 26.9 Å². The zero-order valence-corrected chi connectivity index (χ0v) is 6.86. The number of hydrogen-bond acceptors (Lipinski definition) is 5. The van der Waals surface area contributed by atoms with E-state index in [9.17, 15) is 0 Å². The van der Waals surface area contributed by atoms with Crippen LogP contribution in [0.1, 0.15) is 6.92 Å². The second-order valence-corrected chi connectivity index (χ2v) is 1.76. The van der Waals surface area contributed by atoms with Gasteiger partial charge in [0.2, 0.25) is 0 Å². The standard InChI is InChI=1S/C5H12O4.CH4O/c1-5(6)4-8-2-3-9-7;1-2/h5-7H,2-4H2,1H3;2H,1H3. The molecule has 0 fully saturated rings. The molecule has 11 heavy (non-hydrogen) atoms. The number of hydrogen-bond donors (Lipinski definition) is 3. The molecule has 0 rings (SSSR count). The predicted molar refractivity (Wildman–Crippen MR) is 39.2 cm³/mol. The van der Waals surface area contributed by atoms with Crippen LogP contribution in [-0.4, -0.2) is 48.5 Å². The largest absolute Gasteiger partial charge is 0.400 e. The van der Waals surface area contributed by atoms with Crippen molar-refractivity contribution in [2.24, 2.45) is 0 Å². The van der Waals surface area contributed by atoms with E-state index in [0.717, 1.165) is 7.11 Å². The highest BCUT2D eigenvalue weighted by Crippen LogP contribution is 1.81. The molecule has 3 N–H and O–H groups in total. The molecule has 0 radical (unpaired) electrons. The minimum absolute atomic E-state index is 0.146. The fraction of sp³-hybridized carbons (Fsp3) is 1.00. The van der Waals surface area contributed by atoms with Gasteiger partial charge in [0.15, 0.2) is 0 Å². The van der Waals surface area contributed by atoms with Gasteiger partial charge in [-0.15, -0.1) is 0 Å². The molecule has 0 saturated carbocycles. The van der Waals surface area contributed by atoms with E-state index in [1.54, 1.807) is 6.92 Å². The highest BCUT2D eigenvalue weighted by atomic mass is 17.1. The fourth-order valence-corrected chi connectivity index (χ4v) is 0.350. The van der Waals surface area contributed by atoms with Crippen LogP contribution in [0.5, 0.6) is 0 Å². The molecule has 0 spiro atoms. The average Bonchev–Trinajstić information content (AvgIpc) is 2.02. The zero-order valence-electron chi connectivity index (χ0n) is 6.86. The summed E-state index contributed by atoms with van der Waals surface area (Å²) in [7, 11) is 1.00. The molecule has 5 nitrogen and oxygen atoms in total. The van der Waals surface area contributed by atoms with Crippen LogP contribution in [-0.2, 0) is 9.62 Å². The van der Waals surface area contributed by atoms with Crippen molar-refractivity contribution in [3.05, 3.63) is 0 Å². The van der Waals surface area contributed by atoms with Crippen molar-refractivity contribution in [1.82, 2.24) is 0 Å². The van der Waals surface area contributed by atoms with Gasteiger partial charge in [-0.3, -0.25) is 5.26 Å². The van der Waals surface area contributed by atoms with Gasteiger partial charge in [0, 0.05) is 7.11 Å². The van der Waals surface area contributed by atoms with Gasteiger partial charge in [-0.25, -0.2) is 4.89 Å². The van der Waals surface area contributed by atoms with Gasteiger partial charge in [-0.1, -0.05) is 0 Å². The smallest absolute Gasteiger partial charge is 0.105 e. The summed E-state index contributed by atoms with van der Waals surface area (Å²) in [5.41, 5.74) is 0. The molecule has 0 bridgehead atoms. The second kappa shape index (κ2) is 12.5. The summed E-state index contributed by atoms with van der Waals surface area (Å²) in [6.07, 6.45) is -0.455. The third-order valence-electron chi connectivity index (χ3n) is 0.678. The van der Waals surface area contributed by atoms with Crippen LogP contribution in [0.3, 0.4) is 0 Å². The lowest BCUT2D eigenvalue weighted by atomic mass is 10.4. The van der Waals surface area contributed by atoms with Crippen LogP contribution in [0, 0.1) is 0 Å². The molecule has 70 valence electrons. The van der Waals surface area contributed by atoms with E-state index in [0.29, 0.717) is 6.61 Å². The van der Waals surface area contributed by atoms with Crippen LogP contribution < -0.4 is 0 Å². The second-order valence-electron chi connectivity index (χ2n) is 1.76. The molecule has 0 aromatic rings. The van der Waals surface area contributed by atoms with E-state index in [1.165, 1.54) is 0 Å². The SMILES string of the molecule is CC(O)COCCOO.CO. The van der Waals surface area contributed by atoms with Crippen molar-refractivity contribution in [1.29, 1.82) is 0 Å². The van der Waals surface area contributed by atoms with Crippen molar-refractivity contribution in [3.63, 3.8) is 0 Å². The highest BCUT2D eigenvalue weighted by molar-refractivity contribution is 4.39.